The molecule has 9 aromatic carbocycles. The Morgan fingerprint density at radius 2 is 1.04 bits per heavy atom. The second-order valence-corrected chi connectivity index (χ2v) is 14.1. The van der Waals surface area contributed by atoms with Gasteiger partial charge in [-0.05, 0) is 94.9 Å². The second-order valence-electron chi connectivity index (χ2n) is 14.1. The van der Waals surface area contributed by atoms with E-state index < -0.39 is 0 Å². The fourth-order valence-corrected chi connectivity index (χ4v) is 8.42. The molecule has 3 nitrogen and oxygen atoms in total. The zero-order chi connectivity index (χ0) is 36.3. The van der Waals surface area contributed by atoms with Gasteiger partial charge in [-0.2, -0.15) is 0 Å². The average molecular weight is 703 g/mol. The number of nitrogens with zero attached hydrogens (tertiary/aromatic N) is 2. The summed E-state index contributed by atoms with van der Waals surface area (Å²) < 4.78 is 8.85. The van der Waals surface area contributed by atoms with Crippen molar-refractivity contribution in [1.82, 2.24) is 4.57 Å². The summed E-state index contributed by atoms with van der Waals surface area (Å²) in [5.74, 6) is 0. The number of para-hydroxylation sites is 4. The highest BCUT2D eigenvalue weighted by Gasteiger charge is 2.19. The van der Waals surface area contributed by atoms with E-state index in [2.05, 4.69) is 216 Å². The third-order valence-corrected chi connectivity index (χ3v) is 11.0. The van der Waals surface area contributed by atoms with Gasteiger partial charge in [0.2, 0.25) is 0 Å². The van der Waals surface area contributed by atoms with Gasteiger partial charge in [0, 0.05) is 49.6 Å². The van der Waals surface area contributed by atoms with Crippen molar-refractivity contribution >= 4 is 71.6 Å². The number of anilines is 3. The van der Waals surface area contributed by atoms with Crippen LogP contribution in [0, 0.1) is 0 Å². The Kier molecular flexibility index (Phi) is 7.17. The van der Waals surface area contributed by atoms with Crippen LogP contribution in [0.15, 0.2) is 211 Å². The van der Waals surface area contributed by atoms with Gasteiger partial charge in [0.25, 0.3) is 0 Å². The number of hydrogen-bond donors (Lipinski definition) is 0. The van der Waals surface area contributed by atoms with Crippen molar-refractivity contribution in [2.45, 2.75) is 0 Å². The molecular weight excluding hydrogens is 669 g/mol. The van der Waals surface area contributed by atoms with Gasteiger partial charge in [0.05, 0.1) is 16.7 Å². The van der Waals surface area contributed by atoms with E-state index in [1.54, 1.807) is 0 Å². The monoisotopic (exact) mass is 702 g/mol. The van der Waals surface area contributed by atoms with Crippen LogP contribution in [0.1, 0.15) is 0 Å². The Bertz CT molecular complexity index is 3150. The van der Waals surface area contributed by atoms with Crippen LogP contribution < -0.4 is 4.90 Å². The van der Waals surface area contributed by atoms with Gasteiger partial charge in [0.15, 0.2) is 0 Å². The SMILES string of the molecule is c1ccc(N(c2ccc(-c3cccc(-n4c5ccccc5c5ccccc54)c3)cc2)c2ccccc2-c2ccc3oc4c5ccccc5ccc4c3c2)cc1. The van der Waals surface area contributed by atoms with E-state index in [0.717, 1.165) is 66.8 Å². The van der Waals surface area contributed by atoms with Crippen molar-refractivity contribution in [3.8, 4) is 27.9 Å². The van der Waals surface area contributed by atoms with Crippen molar-refractivity contribution in [2.24, 2.45) is 0 Å². The Hall–Kier alpha value is -7.36. The van der Waals surface area contributed by atoms with Crippen LogP contribution in [0.3, 0.4) is 0 Å². The lowest BCUT2D eigenvalue weighted by Crippen LogP contribution is -2.11. The number of fused-ring (bicyclic) bond motifs is 8. The molecule has 0 N–H and O–H groups in total. The van der Waals surface area contributed by atoms with Crippen LogP contribution in [0.4, 0.5) is 17.1 Å². The molecule has 0 atom stereocenters. The summed E-state index contributed by atoms with van der Waals surface area (Å²) in [5.41, 5.74) is 13.3. The summed E-state index contributed by atoms with van der Waals surface area (Å²) in [4.78, 5) is 2.36. The van der Waals surface area contributed by atoms with Gasteiger partial charge >= 0.3 is 0 Å². The summed E-state index contributed by atoms with van der Waals surface area (Å²) in [6.07, 6.45) is 0. The summed E-state index contributed by atoms with van der Waals surface area (Å²) in [6, 6.07) is 73.9. The van der Waals surface area contributed by atoms with Gasteiger partial charge in [-0.3, -0.25) is 0 Å². The van der Waals surface area contributed by atoms with Crippen molar-refractivity contribution in [1.29, 1.82) is 0 Å². The molecule has 258 valence electrons. The molecule has 0 spiro atoms. The Balaban J connectivity index is 1.00. The molecule has 0 aliphatic rings. The molecule has 0 saturated carbocycles. The second kappa shape index (κ2) is 12.6. The van der Waals surface area contributed by atoms with E-state index in [0.29, 0.717) is 0 Å². The first-order valence-corrected chi connectivity index (χ1v) is 18.8. The molecule has 0 aliphatic carbocycles. The largest absolute Gasteiger partial charge is 0.455 e. The quantitative estimate of drug-likeness (QED) is 0.172. The maximum absolute atomic E-state index is 6.47. The lowest BCUT2D eigenvalue weighted by molar-refractivity contribution is 0.672. The van der Waals surface area contributed by atoms with Gasteiger partial charge in [-0.15, -0.1) is 0 Å². The highest BCUT2D eigenvalue weighted by molar-refractivity contribution is 6.16. The minimum Gasteiger partial charge on any atom is -0.455 e. The maximum atomic E-state index is 6.47. The highest BCUT2D eigenvalue weighted by Crippen LogP contribution is 2.43. The van der Waals surface area contributed by atoms with E-state index in [-0.39, 0.29) is 0 Å². The molecule has 0 aliphatic heterocycles. The first kappa shape index (κ1) is 31.2. The zero-order valence-corrected chi connectivity index (χ0v) is 29.9. The van der Waals surface area contributed by atoms with E-state index in [1.165, 1.54) is 32.8 Å². The molecule has 3 heteroatoms. The topological polar surface area (TPSA) is 21.3 Å². The van der Waals surface area contributed by atoms with E-state index >= 15 is 0 Å². The summed E-state index contributed by atoms with van der Waals surface area (Å²) in [6.45, 7) is 0. The molecule has 0 saturated heterocycles. The first-order chi connectivity index (χ1) is 27.3. The lowest BCUT2D eigenvalue weighted by atomic mass is 9.98. The molecule has 11 rings (SSSR count). The summed E-state index contributed by atoms with van der Waals surface area (Å²) in [5, 5.41) is 7.09. The van der Waals surface area contributed by atoms with Crippen molar-refractivity contribution in [3.05, 3.63) is 206 Å². The molecule has 0 amide bonds. The normalized spacial score (nSPS) is 11.6. The number of rotatable bonds is 6. The van der Waals surface area contributed by atoms with Crippen molar-refractivity contribution in [3.63, 3.8) is 0 Å². The predicted octanol–water partition coefficient (Wildman–Crippen LogP) is 14.6. The molecule has 2 heterocycles. The van der Waals surface area contributed by atoms with Gasteiger partial charge < -0.3 is 13.9 Å². The number of hydrogen-bond acceptors (Lipinski definition) is 2. The number of furan rings is 1. The lowest BCUT2D eigenvalue weighted by Gasteiger charge is -2.28. The third-order valence-electron chi connectivity index (χ3n) is 11.0. The standard InChI is InChI=1S/C52H34N2O/c1-2-15-39(16-3-1)53(48-22-9-6-18-42(48)38-28-32-51-47(34-38)46-31-27-36-13-4-5-19-43(36)52(46)55-51)40-29-25-35(26-30-40)37-14-12-17-41(33-37)54-49-23-10-7-20-44(49)45-21-8-11-24-50(45)54/h1-34H. The van der Waals surface area contributed by atoms with Crippen LogP contribution in [0.25, 0.3) is 82.5 Å². The summed E-state index contributed by atoms with van der Waals surface area (Å²) in [7, 11) is 0. The van der Waals surface area contributed by atoms with E-state index in [1.807, 2.05) is 0 Å². The smallest absolute Gasteiger partial charge is 0.143 e. The molecule has 0 bridgehead atoms. The maximum Gasteiger partial charge on any atom is 0.143 e. The van der Waals surface area contributed by atoms with Crippen LogP contribution in [-0.4, -0.2) is 4.57 Å². The van der Waals surface area contributed by atoms with Gasteiger partial charge in [0.1, 0.15) is 11.2 Å². The Morgan fingerprint density at radius 3 is 1.84 bits per heavy atom. The van der Waals surface area contributed by atoms with Gasteiger partial charge in [-0.1, -0.05) is 133 Å². The van der Waals surface area contributed by atoms with Crippen LogP contribution in [0.2, 0.25) is 0 Å². The third kappa shape index (κ3) is 5.13. The predicted molar refractivity (Wildman–Crippen MR) is 231 cm³/mol. The van der Waals surface area contributed by atoms with Gasteiger partial charge in [-0.25, -0.2) is 0 Å². The van der Waals surface area contributed by atoms with Crippen molar-refractivity contribution < 1.29 is 4.42 Å². The zero-order valence-electron chi connectivity index (χ0n) is 29.9. The van der Waals surface area contributed by atoms with Crippen LogP contribution in [-0.2, 0) is 0 Å². The molecule has 0 radical (unpaired) electrons. The van der Waals surface area contributed by atoms with E-state index in [4.69, 9.17) is 4.42 Å². The molecule has 2 aromatic heterocycles. The fraction of sp³-hybridized carbons (Fsp3) is 0. The number of benzene rings is 9. The molecule has 0 unspecified atom stereocenters. The Labute approximate surface area is 318 Å². The highest BCUT2D eigenvalue weighted by atomic mass is 16.3. The molecular formula is C52H34N2O. The van der Waals surface area contributed by atoms with Crippen LogP contribution in [0.5, 0.6) is 0 Å². The van der Waals surface area contributed by atoms with E-state index in [9.17, 15) is 0 Å². The minimum atomic E-state index is 0.894. The van der Waals surface area contributed by atoms with Crippen LogP contribution >= 0.6 is 0 Å². The molecule has 11 aromatic rings. The van der Waals surface area contributed by atoms with Crippen molar-refractivity contribution in [2.75, 3.05) is 4.90 Å². The molecule has 55 heavy (non-hydrogen) atoms. The minimum absolute atomic E-state index is 0.894. The Morgan fingerprint density at radius 1 is 0.382 bits per heavy atom. The number of aromatic nitrogens is 1. The fourth-order valence-electron chi connectivity index (χ4n) is 8.42. The molecule has 0 fully saturated rings. The first-order valence-electron chi connectivity index (χ1n) is 18.8. The average Bonchev–Trinajstić information content (AvgIpc) is 3.81. The summed E-state index contributed by atoms with van der Waals surface area (Å²) >= 11 is 0.